The number of halogens is 2. The summed E-state index contributed by atoms with van der Waals surface area (Å²) in [4.78, 5) is 0. The van der Waals surface area contributed by atoms with Crippen LogP contribution in [0.5, 0.6) is 5.75 Å². The average Bonchev–Trinajstić information content (AvgIpc) is 2.32. The molecule has 2 aromatic rings. The third kappa shape index (κ3) is 2.08. The Kier molecular flexibility index (Phi) is 2.75. The van der Waals surface area contributed by atoms with Gasteiger partial charge in [-0.3, -0.25) is 0 Å². The molecule has 4 heteroatoms. The number of nitrogens with zero attached hydrogens (tertiary/aromatic N) is 1. The molecule has 0 bridgehead atoms. The van der Waals surface area contributed by atoms with Gasteiger partial charge in [-0.25, -0.2) is 8.78 Å². The largest absolute Gasteiger partial charge is 0.505 e. The Balaban J connectivity index is 2.50. The second-order valence-electron chi connectivity index (χ2n) is 3.47. The fourth-order valence-electron chi connectivity index (χ4n) is 1.47. The Hall–Kier alpha value is -2.41. The lowest BCUT2D eigenvalue weighted by molar-refractivity contribution is 0.432. The van der Waals surface area contributed by atoms with Gasteiger partial charge in [0.05, 0.1) is 5.56 Å². The van der Waals surface area contributed by atoms with Gasteiger partial charge in [0.15, 0.2) is 11.6 Å². The first-order chi connectivity index (χ1) is 8.11. The van der Waals surface area contributed by atoms with E-state index in [1.54, 1.807) is 6.07 Å². The highest BCUT2D eigenvalue weighted by Gasteiger charge is 2.07. The molecule has 0 heterocycles. The third-order valence-corrected chi connectivity index (χ3v) is 2.37. The van der Waals surface area contributed by atoms with E-state index >= 15 is 0 Å². The molecule has 0 saturated heterocycles. The van der Waals surface area contributed by atoms with Gasteiger partial charge in [-0.1, -0.05) is 12.1 Å². The van der Waals surface area contributed by atoms with Gasteiger partial charge in [0.2, 0.25) is 0 Å². The number of rotatable bonds is 1. The van der Waals surface area contributed by atoms with E-state index in [-0.39, 0.29) is 5.56 Å². The number of nitriles is 1. The van der Waals surface area contributed by atoms with Crippen LogP contribution in [0.25, 0.3) is 11.1 Å². The van der Waals surface area contributed by atoms with E-state index in [0.29, 0.717) is 11.1 Å². The third-order valence-electron chi connectivity index (χ3n) is 2.37. The summed E-state index contributed by atoms with van der Waals surface area (Å²) in [5.74, 6) is -1.88. The van der Waals surface area contributed by atoms with E-state index in [9.17, 15) is 8.78 Å². The van der Waals surface area contributed by atoms with Crippen LogP contribution in [0.3, 0.4) is 0 Å². The van der Waals surface area contributed by atoms with Gasteiger partial charge in [0.25, 0.3) is 0 Å². The zero-order chi connectivity index (χ0) is 12.4. The molecule has 0 aliphatic rings. The Morgan fingerprint density at radius 2 is 1.53 bits per heavy atom. The first-order valence-electron chi connectivity index (χ1n) is 4.80. The van der Waals surface area contributed by atoms with Gasteiger partial charge >= 0.3 is 0 Å². The lowest BCUT2D eigenvalue weighted by Gasteiger charge is -2.03. The molecule has 0 aromatic heterocycles. The van der Waals surface area contributed by atoms with Crippen LogP contribution in [-0.4, -0.2) is 5.11 Å². The van der Waals surface area contributed by atoms with Gasteiger partial charge in [0.1, 0.15) is 11.9 Å². The van der Waals surface area contributed by atoms with Crippen LogP contribution in [-0.2, 0) is 0 Å². The van der Waals surface area contributed by atoms with Crippen molar-refractivity contribution in [1.29, 1.82) is 5.26 Å². The molecular weight excluding hydrogens is 224 g/mol. The monoisotopic (exact) mass is 231 g/mol. The summed E-state index contributed by atoms with van der Waals surface area (Å²) in [6.07, 6.45) is 0. The molecule has 0 fully saturated rings. The smallest absolute Gasteiger partial charge is 0.165 e. The molecule has 0 atom stereocenters. The van der Waals surface area contributed by atoms with Crippen molar-refractivity contribution in [2.45, 2.75) is 0 Å². The second-order valence-corrected chi connectivity index (χ2v) is 3.47. The predicted octanol–water partition coefficient (Wildman–Crippen LogP) is 3.21. The molecule has 0 amide bonds. The first kappa shape index (κ1) is 11.1. The van der Waals surface area contributed by atoms with Crippen molar-refractivity contribution in [3.8, 4) is 22.9 Å². The zero-order valence-electron chi connectivity index (χ0n) is 8.61. The first-order valence-corrected chi connectivity index (χ1v) is 4.80. The molecule has 0 saturated carbocycles. The fourth-order valence-corrected chi connectivity index (χ4v) is 1.47. The van der Waals surface area contributed by atoms with Crippen LogP contribution in [0.1, 0.15) is 5.56 Å². The van der Waals surface area contributed by atoms with E-state index in [0.717, 1.165) is 12.1 Å². The van der Waals surface area contributed by atoms with Crippen molar-refractivity contribution < 1.29 is 13.9 Å². The summed E-state index contributed by atoms with van der Waals surface area (Å²) in [5, 5.41) is 17.6. The highest BCUT2D eigenvalue weighted by molar-refractivity contribution is 5.65. The van der Waals surface area contributed by atoms with Crippen LogP contribution in [0.2, 0.25) is 0 Å². The maximum atomic E-state index is 13.4. The molecule has 0 aliphatic carbocycles. The standard InChI is InChI=1S/C13H7F2NO/c14-11-5-8(1-2-10(11)7-16)9-3-4-13(17)12(15)6-9/h1-6,17H. The quantitative estimate of drug-likeness (QED) is 0.818. The van der Waals surface area contributed by atoms with Crippen molar-refractivity contribution in [3.63, 3.8) is 0 Å². The minimum atomic E-state index is -0.771. The Bertz CT molecular complexity index is 617. The molecule has 84 valence electrons. The summed E-state index contributed by atoms with van der Waals surface area (Å²) in [7, 11) is 0. The van der Waals surface area contributed by atoms with Crippen molar-refractivity contribution >= 4 is 0 Å². The molecule has 1 N–H and O–H groups in total. The number of aromatic hydroxyl groups is 1. The van der Waals surface area contributed by atoms with Crippen molar-refractivity contribution in [2.75, 3.05) is 0 Å². The number of phenols is 1. The highest BCUT2D eigenvalue weighted by atomic mass is 19.1. The minimum Gasteiger partial charge on any atom is -0.505 e. The Morgan fingerprint density at radius 1 is 0.941 bits per heavy atom. The van der Waals surface area contributed by atoms with Crippen molar-refractivity contribution in [2.24, 2.45) is 0 Å². The number of phenolic OH excluding ortho intramolecular Hbond substituents is 1. The molecule has 2 aromatic carbocycles. The summed E-state index contributed by atoms with van der Waals surface area (Å²) >= 11 is 0. The molecule has 0 radical (unpaired) electrons. The average molecular weight is 231 g/mol. The van der Waals surface area contributed by atoms with E-state index in [2.05, 4.69) is 0 Å². The molecule has 0 unspecified atom stereocenters. The van der Waals surface area contributed by atoms with Gasteiger partial charge in [-0.15, -0.1) is 0 Å². The molecule has 0 spiro atoms. The van der Waals surface area contributed by atoms with E-state index in [1.807, 2.05) is 0 Å². The summed E-state index contributed by atoms with van der Waals surface area (Å²) in [6, 6.07) is 9.49. The minimum absolute atomic E-state index is 0.0620. The second kappa shape index (κ2) is 4.22. The molecule has 0 aliphatic heterocycles. The molecule has 17 heavy (non-hydrogen) atoms. The maximum absolute atomic E-state index is 13.4. The number of hydrogen-bond acceptors (Lipinski definition) is 2. The van der Waals surface area contributed by atoms with Gasteiger partial charge in [-0.2, -0.15) is 5.26 Å². The fraction of sp³-hybridized carbons (Fsp3) is 0. The van der Waals surface area contributed by atoms with Crippen molar-refractivity contribution in [1.82, 2.24) is 0 Å². The topological polar surface area (TPSA) is 44.0 Å². The van der Waals surface area contributed by atoms with Gasteiger partial charge < -0.3 is 5.11 Å². The molecule has 2 rings (SSSR count). The Morgan fingerprint density at radius 3 is 2.06 bits per heavy atom. The van der Waals surface area contributed by atoms with Crippen LogP contribution in [0.15, 0.2) is 36.4 Å². The van der Waals surface area contributed by atoms with E-state index in [4.69, 9.17) is 10.4 Å². The number of benzene rings is 2. The summed E-state index contributed by atoms with van der Waals surface area (Å²) < 4.78 is 26.5. The van der Waals surface area contributed by atoms with Gasteiger partial charge in [0, 0.05) is 0 Å². The number of hydrogen-bond donors (Lipinski definition) is 1. The Labute approximate surface area is 96.4 Å². The predicted molar refractivity (Wildman–Crippen MR) is 58.2 cm³/mol. The lowest BCUT2D eigenvalue weighted by Crippen LogP contribution is -1.86. The maximum Gasteiger partial charge on any atom is 0.165 e. The van der Waals surface area contributed by atoms with Crippen LogP contribution < -0.4 is 0 Å². The van der Waals surface area contributed by atoms with Crippen molar-refractivity contribution in [3.05, 3.63) is 53.6 Å². The highest BCUT2D eigenvalue weighted by Crippen LogP contribution is 2.26. The summed E-state index contributed by atoms with van der Waals surface area (Å²) in [5.41, 5.74) is 0.817. The van der Waals surface area contributed by atoms with E-state index in [1.165, 1.54) is 24.3 Å². The lowest BCUT2D eigenvalue weighted by atomic mass is 10.0. The zero-order valence-corrected chi connectivity index (χ0v) is 8.61. The van der Waals surface area contributed by atoms with Gasteiger partial charge in [-0.05, 0) is 35.4 Å². The molecular formula is C13H7F2NO. The molecule has 2 nitrogen and oxygen atoms in total. The van der Waals surface area contributed by atoms with E-state index < -0.39 is 17.4 Å². The normalized spacial score (nSPS) is 9.94. The summed E-state index contributed by atoms with van der Waals surface area (Å²) in [6.45, 7) is 0. The SMILES string of the molecule is N#Cc1ccc(-c2ccc(O)c(F)c2)cc1F. The van der Waals surface area contributed by atoms with Crippen LogP contribution >= 0.6 is 0 Å². The van der Waals surface area contributed by atoms with Crippen LogP contribution in [0.4, 0.5) is 8.78 Å². The van der Waals surface area contributed by atoms with Crippen LogP contribution in [0, 0.1) is 23.0 Å².